The Bertz CT molecular complexity index is 143. The average Bonchev–Trinajstić information content (AvgIpc) is 2.12. The van der Waals surface area contributed by atoms with Gasteiger partial charge in [0.25, 0.3) is 0 Å². The van der Waals surface area contributed by atoms with Gasteiger partial charge in [0.05, 0.1) is 5.60 Å². The SMILES string of the molecule is C=CCCCC(NC)C(C)(C)OC. The van der Waals surface area contributed by atoms with E-state index in [1.54, 1.807) is 7.11 Å². The highest BCUT2D eigenvalue weighted by Gasteiger charge is 2.26. The van der Waals surface area contributed by atoms with E-state index < -0.39 is 0 Å². The Morgan fingerprint density at radius 2 is 2.15 bits per heavy atom. The van der Waals surface area contributed by atoms with Gasteiger partial charge >= 0.3 is 0 Å². The molecule has 0 aromatic carbocycles. The average molecular weight is 185 g/mol. The molecule has 0 aliphatic heterocycles. The summed E-state index contributed by atoms with van der Waals surface area (Å²) in [4.78, 5) is 0. The van der Waals surface area contributed by atoms with Gasteiger partial charge < -0.3 is 10.1 Å². The Morgan fingerprint density at radius 3 is 2.54 bits per heavy atom. The van der Waals surface area contributed by atoms with Gasteiger partial charge in [0, 0.05) is 13.2 Å². The third kappa shape index (κ3) is 4.44. The smallest absolute Gasteiger partial charge is 0.0774 e. The van der Waals surface area contributed by atoms with E-state index in [0.29, 0.717) is 6.04 Å². The molecule has 0 aromatic rings. The summed E-state index contributed by atoms with van der Waals surface area (Å²) in [6.07, 6.45) is 5.34. The molecule has 0 saturated carbocycles. The molecular weight excluding hydrogens is 162 g/mol. The zero-order chi connectivity index (χ0) is 10.3. The van der Waals surface area contributed by atoms with Gasteiger partial charge in [0.15, 0.2) is 0 Å². The number of ether oxygens (including phenoxy) is 1. The summed E-state index contributed by atoms with van der Waals surface area (Å²) in [5.74, 6) is 0. The molecule has 0 aliphatic carbocycles. The standard InChI is InChI=1S/C11H23NO/c1-6-7-8-9-10(12-4)11(2,3)13-5/h6,10,12H,1,7-9H2,2-5H3. The van der Waals surface area contributed by atoms with Crippen LogP contribution in [0.25, 0.3) is 0 Å². The van der Waals surface area contributed by atoms with Crippen LogP contribution < -0.4 is 5.32 Å². The molecule has 0 radical (unpaired) electrons. The summed E-state index contributed by atoms with van der Waals surface area (Å²) >= 11 is 0. The Balaban J connectivity index is 3.94. The van der Waals surface area contributed by atoms with Gasteiger partial charge in [-0.25, -0.2) is 0 Å². The summed E-state index contributed by atoms with van der Waals surface area (Å²) in [7, 11) is 3.75. The van der Waals surface area contributed by atoms with E-state index in [2.05, 4.69) is 25.7 Å². The lowest BCUT2D eigenvalue weighted by molar-refractivity contribution is -0.0108. The highest BCUT2D eigenvalue weighted by molar-refractivity contribution is 4.84. The van der Waals surface area contributed by atoms with Gasteiger partial charge in [-0.15, -0.1) is 6.58 Å². The number of allylic oxidation sites excluding steroid dienone is 1. The van der Waals surface area contributed by atoms with Crippen molar-refractivity contribution < 1.29 is 4.74 Å². The van der Waals surface area contributed by atoms with Crippen molar-refractivity contribution in [1.29, 1.82) is 0 Å². The van der Waals surface area contributed by atoms with Crippen LogP contribution in [0.5, 0.6) is 0 Å². The van der Waals surface area contributed by atoms with E-state index >= 15 is 0 Å². The molecule has 2 nitrogen and oxygen atoms in total. The molecule has 0 spiro atoms. The number of hydrogen-bond donors (Lipinski definition) is 1. The largest absolute Gasteiger partial charge is 0.377 e. The number of methoxy groups -OCH3 is 1. The fourth-order valence-electron chi connectivity index (χ4n) is 1.45. The maximum atomic E-state index is 5.43. The van der Waals surface area contributed by atoms with Gasteiger partial charge in [-0.3, -0.25) is 0 Å². The molecule has 13 heavy (non-hydrogen) atoms. The zero-order valence-electron chi connectivity index (χ0n) is 9.39. The second-order valence-corrected chi connectivity index (χ2v) is 3.87. The lowest BCUT2D eigenvalue weighted by atomic mass is 9.94. The normalized spacial score (nSPS) is 14.2. The van der Waals surface area contributed by atoms with E-state index in [0.717, 1.165) is 12.8 Å². The predicted octanol–water partition coefficient (Wildman–Crippen LogP) is 2.36. The summed E-state index contributed by atoms with van der Waals surface area (Å²) < 4.78 is 5.43. The number of nitrogens with one attached hydrogen (secondary N) is 1. The van der Waals surface area contributed by atoms with Crippen molar-refractivity contribution >= 4 is 0 Å². The van der Waals surface area contributed by atoms with Crippen molar-refractivity contribution in [1.82, 2.24) is 5.32 Å². The molecule has 78 valence electrons. The summed E-state index contributed by atoms with van der Waals surface area (Å²) in [5.41, 5.74) is -0.0874. The van der Waals surface area contributed by atoms with Crippen LogP contribution in [0.1, 0.15) is 33.1 Å². The molecular formula is C11H23NO. The molecule has 0 fully saturated rings. The third-order valence-corrected chi connectivity index (χ3v) is 2.61. The molecule has 1 atom stereocenters. The minimum Gasteiger partial charge on any atom is -0.377 e. The monoisotopic (exact) mass is 185 g/mol. The molecule has 0 amide bonds. The van der Waals surface area contributed by atoms with Crippen molar-refractivity contribution in [2.75, 3.05) is 14.2 Å². The Morgan fingerprint density at radius 1 is 1.54 bits per heavy atom. The first-order valence-electron chi connectivity index (χ1n) is 4.91. The van der Waals surface area contributed by atoms with Crippen LogP contribution >= 0.6 is 0 Å². The number of unbranched alkanes of at least 4 members (excludes halogenated alkanes) is 1. The van der Waals surface area contributed by atoms with Crippen molar-refractivity contribution in [3.8, 4) is 0 Å². The van der Waals surface area contributed by atoms with Crippen LogP contribution in [0.2, 0.25) is 0 Å². The number of hydrogen-bond acceptors (Lipinski definition) is 2. The Labute approximate surface area is 82.4 Å². The maximum Gasteiger partial charge on any atom is 0.0774 e. The molecule has 1 N–H and O–H groups in total. The lowest BCUT2D eigenvalue weighted by Crippen LogP contribution is -2.46. The topological polar surface area (TPSA) is 21.3 Å². The molecule has 0 rings (SSSR count). The maximum absolute atomic E-state index is 5.43. The second-order valence-electron chi connectivity index (χ2n) is 3.87. The van der Waals surface area contributed by atoms with Crippen molar-refractivity contribution in [2.24, 2.45) is 0 Å². The van der Waals surface area contributed by atoms with E-state index in [9.17, 15) is 0 Å². The van der Waals surface area contributed by atoms with E-state index in [1.165, 1.54) is 6.42 Å². The fraction of sp³-hybridized carbons (Fsp3) is 0.818. The van der Waals surface area contributed by atoms with E-state index in [4.69, 9.17) is 4.74 Å². The fourth-order valence-corrected chi connectivity index (χ4v) is 1.45. The van der Waals surface area contributed by atoms with Gasteiger partial charge in [-0.1, -0.05) is 6.08 Å². The van der Waals surface area contributed by atoms with Crippen LogP contribution in [-0.2, 0) is 4.74 Å². The van der Waals surface area contributed by atoms with E-state index in [1.807, 2.05) is 13.1 Å². The minimum absolute atomic E-state index is 0.0874. The first-order chi connectivity index (χ1) is 6.08. The molecule has 0 saturated heterocycles. The second kappa shape index (κ2) is 6.17. The summed E-state index contributed by atoms with van der Waals surface area (Å²) in [6.45, 7) is 7.94. The van der Waals surface area contributed by atoms with Crippen LogP contribution in [0.3, 0.4) is 0 Å². The van der Waals surface area contributed by atoms with Gasteiger partial charge in [0.2, 0.25) is 0 Å². The highest BCUT2D eigenvalue weighted by atomic mass is 16.5. The van der Waals surface area contributed by atoms with Gasteiger partial charge in [-0.05, 0) is 40.2 Å². The summed E-state index contributed by atoms with van der Waals surface area (Å²) in [5, 5.41) is 3.29. The van der Waals surface area contributed by atoms with Crippen LogP contribution in [0, 0.1) is 0 Å². The highest BCUT2D eigenvalue weighted by Crippen LogP contribution is 2.18. The van der Waals surface area contributed by atoms with Crippen LogP contribution in [0.15, 0.2) is 12.7 Å². The van der Waals surface area contributed by atoms with Crippen molar-refractivity contribution in [2.45, 2.75) is 44.8 Å². The molecule has 1 unspecified atom stereocenters. The first-order valence-corrected chi connectivity index (χ1v) is 4.91. The molecule has 0 aromatic heterocycles. The number of likely N-dealkylation sites (N-methyl/N-ethyl adjacent to an activating group) is 1. The molecule has 2 heteroatoms. The quantitative estimate of drug-likeness (QED) is 0.485. The third-order valence-electron chi connectivity index (χ3n) is 2.61. The van der Waals surface area contributed by atoms with Crippen LogP contribution in [0.4, 0.5) is 0 Å². The van der Waals surface area contributed by atoms with Crippen molar-refractivity contribution in [3.05, 3.63) is 12.7 Å². The molecule has 0 bridgehead atoms. The van der Waals surface area contributed by atoms with Crippen LogP contribution in [-0.4, -0.2) is 25.8 Å². The van der Waals surface area contributed by atoms with Gasteiger partial charge in [-0.2, -0.15) is 0 Å². The predicted molar refractivity (Wildman–Crippen MR) is 58.0 cm³/mol. The van der Waals surface area contributed by atoms with Crippen molar-refractivity contribution in [3.63, 3.8) is 0 Å². The Hall–Kier alpha value is -0.340. The van der Waals surface area contributed by atoms with E-state index in [-0.39, 0.29) is 5.60 Å². The molecule has 0 heterocycles. The lowest BCUT2D eigenvalue weighted by Gasteiger charge is -2.32. The first kappa shape index (κ1) is 12.7. The van der Waals surface area contributed by atoms with Gasteiger partial charge in [0.1, 0.15) is 0 Å². The summed E-state index contributed by atoms with van der Waals surface area (Å²) in [6, 6.07) is 0.414. The number of rotatable bonds is 7. The minimum atomic E-state index is -0.0874. The zero-order valence-corrected chi connectivity index (χ0v) is 9.39. The Kier molecular flexibility index (Phi) is 6.00. The molecule has 0 aliphatic rings.